The summed E-state index contributed by atoms with van der Waals surface area (Å²) < 4.78 is 5.78. The number of hydrogen-bond donors (Lipinski definition) is 6. The lowest BCUT2D eigenvalue weighted by molar-refractivity contribution is -0.165. The Balaban J connectivity index is 1.17. The van der Waals surface area contributed by atoms with Crippen molar-refractivity contribution in [3.63, 3.8) is 0 Å². The van der Waals surface area contributed by atoms with Gasteiger partial charge in [-0.3, -0.25) is 19.3 Å². The number of oxime groups is 1. The molecule has 0 aromatic carbocycles. The minimum absolute atomic E-state index is 0.00250. The maximum Gasteiger partial charge on any atom is 0.352 e. The second kappa shape index (κ2) is 13.3. The number of aromatic nitrogens is 7. The number of carbonyl (C=O) groups excluding carboxylic acids is 2. The number of hydrogen-bond acceptors (Lipinski definition) is 18. The van der Waals surface area contributed by atoms with Gasteiger partial charge in [0.1, 0.15) is 17.1 Å². The number of β-lactam (4-membered cyclic amide) rings is 1. The van der Waals surface area contributed by atoms with E-state index in [0.29, 0.717) is 23.1 Å². The number of carbonyl (C=O) groups is 4. The van der Waals surface area contributed by atoms with Crippen LogP contribution < -0.4 is 16.5 Å². The Morgan fingerprint density at radius 3 is 2.65 bits per heavy atom. The lowest BCUT2D eigenvalue weighted by Gasteiger charge is -2.49. The number of anilines is 1. The molecule has 24 heteroatoms. The molecule has 0 spiro atoms. The van der Waals surface area contributed by atoms with Crippen molar-refractivity contribution in [3.8, 4) is 5.75 Å². The van der Waals surface area contributed by atoms with Crippen LogP contribution in [-0.4, -0.2) is 118 Å². The van der Waals surface area contributed by atoms with Crippen LogP contribution in [0.1, 0.15) is 37.2 Å². The number of nitrogen functional groups attached to an aromatic ring is 1. The molecular weight excluding hydrogens is 711 g/mol. The number of thioether (sulfide) groups is 2. The third-order valence-corrected chi connectivity index (χ3v) is 10.7. The summed E-state index contributed by atoms with van der Waals surface area (Å²) in [6, 6.07) is -0.165. The van der Waals surface area contributed by atoms with E-state index in [1.54, 1.807) is 0 Å². The number of tetrazole rings is 1. The average molecular weight is 736 g/mol. The molecule has 2 fully saturated rings. The normalized spacial score (nSPS) is 20.1. The number of nitrogens with zero attached hydrogens (tertiary/aromatic N) is 9. The predicted octanol–water partition coefficient (Wildman–Crippen LogP) is -1.09. The van der Waals surface area contributed by atoms with Gasteiger partial charge in [0.15, 0.2) is 10.9 Å². The van der Waals surface area contributed by atoms with Crippen LogP contribution in [0.15, 0.2) is 38.6 Å². The number of aliphatic carboxylic acids is 2. The van der Waals surface area contributed by atoms with Gasteiger partial charge in [-0.15, -0.1) is 16.9 Å². The Bertz CT molecular complexity index is 1970. The number of aromatic hydroxyl groups is 1. The number of carboxylic acids is 2. The first-order valence-corrected chi connectivity index (χ1v) is 17.0. The van der Waals surface area contributed by atoms with Gasteiger partial charge in [0, 0.05) is 41.9 Å². The van der Waals surface area contributed by atoms with Crippen LogP contribution in [-0.2, 0) is 30.6 Å². The molecule has 258 valence electrons. The van der Waals surface area contributed by atoms with E-state index < -0.39 is 57.7 Å². The molecule has 3 aromatic heterocycles. The minimum Gasteiger partial charge on any atom is -0.503 e. The Morgan fingerprint density at radius 2 is 1.98 bits per heavy atom. The van der Waals surface area contributed by atoms with E-state index in [4.69, 9.17) is 10.6 Å². The largest absolute Gasteiger partial charge is 0.503 e. The van der Waals surface area contributed by atoms with Crippen molar-refractivity contribution in [2.75, 3.05) is 17.2 Å². The van der Waals surface area contributed by atoms with E-state index in [2.05, 4.69) is 35.4 Å². The molecule has 0 unspecified atom stereocenters. The number of nitrogens with two attached hydrogens (primary N) is 1. The Morgan fingerprint density at radius 1 is 1.22 bits per heavy atom. The molecule has 2 amide bonds. The fourth-order valence-electron chi connectivity index (χ4n) is 5.32. The molecule has 21 nitrogen and oxygen atoms in total. The third kappa shape index (κ3) is 6.48. The van der Waals surface area contributed by atoms with Crippen LogP contribution in [0.3, 0.4) is 0 Å². The molecule has 5 heterocycles. The number of carboxylic acid groups (broad SMARTS) is 2. The second-order valence-corrected chi connectivity index (χ2v) is 13.7. The maximum absolute atomic E-state index is 13.4. The zero-order chi connectivity index (χ0) is 35.0. The zero-order valence-electron chi connectivity index (χ0n) is 24.8. The van der Waals surface area contributed by atoms with E-state index in [9.17, 15) is 44.5 Å². The highest BCUT2D eigenvalue weighted by Gasteiger charge is 2.54. The molecular formula is C25H25N11O10S3. The van der Waals surface area contributed by atoms with Crippen LogP contribution >= 0.6 is 35.1 Å². The summed E-state index contributed by atoms with van der Waals surface area (Å²) in [6.45, 7) is -0.161. The lowest BCUT2D eigenvalue weighted by Crippen LogP contribution is -2.71. The van der Waals surface area contributed by atoms with E-state index in [-0.39, 0.29) is 58.4 Å². The summed E-state index contributed by atoms with van der Waals surface area (Å²) in [5.74, 6) is -4.98. The van der Waals surface area contributed by atoms with Gasteiger partial charge in [-0.25, -0.2) is 14.3 Å². The molecule has 1 saturated carbocycles. The molecule has 1 saturated heterocycles. The Kier molecular flexibility index (Phi) is 9.17. The Labute approximate surface area is 285 Å². The first kappa shape index (κ1) is 33.7. The minimum atomic E-state index is -1.64. The topological polar surface area (TPSA) is 303 Å². The first-order chi connectivity index (χ1) is 23.4. The van der Waals surface area contributed by atoms with Crippen molar-refractivity contribution in [2.45, 2.75) is 54.4 Å². The summed E-state index contributed by atoms with van der Waals surface area (Å²) in [4.78, 5) is 73.3. The van der Waals surface area contributed by atoms with Gasteiger partial charge in [-0.1, -0.05) is 16.9 Å². The fraction of sp³-hybridized carbons (Fsp3) is 0.400. The molecule has 3 aromatic rings. The quantitative estimate of drug-likeness (QED) is 0.0423. The molecule has 49 heavy (non-hydrogen) atoms. The van der Waals surface area contributed by atoms with Crippen LogP contribution in [0.2, 0.25) is 0 Å². The SMILES string of the molecule is Nc1nc(/C(=N/OC2(C(=O)O)CCCC2)C(=O)N[C@@H]2C(=O)N3C(C(=O)O)=C(CSc4nnnn4Cc4cc(=O)c(O)cn4O)CS[C@H]23)ns1. The number of amides is 2. The van der Waals surface area contributed by atoms with Crippen molar-refractivity contribution in [2.24, 2.45) is 5.16 Å². The predicted molar refractivity (Wildman–Crippen MR) is 168 cm³/mol. The van der Waals surface area contributed by atoms with E-state index >= 15 is 0 Å². The van der Waals surface area contributed by atoms with Gasteiger partial charge in [0.25, 0.3) is 11.8 Å². The van der Waals surface area contributed by atoms with Gasteiger partial charge in [-0.05, 0) is 28.8 Å². The Hall–Kier alpha value is -5.23. The second-order valence-electron chi connectivity index (χ2n) is 10.9. The molecule has 6 rings (SSSR count). The molecule has 2 atom stereocenters. The monoisotopic (exact) mass is 735 g/mol. The first-order valence-electron chi connectivity index (χ1n) is 14.2. The highest BCUT2D eigenvalue weighted by Crippen LogP contribution is 2.41. The summed E-state index contributed by atoms with van der Waals surface area (Å²) in [5.41, 5.74) is 2.97. The van der Waals surface area contributed by atoms with Gasteiger partial charge in [0.2, 0.25) is 27.7 Å². The van der Waals surface area contributed by atoms with Gasteiger partial charge in [0.05, 0.1) is 18.4 Å². The van der Waals surface area contributed by atoms with Crippen molar-refractivity contribution >= 4 is 69.7 Å². The van der Waals surface area contributed by atoms with Crippen LogP contribution in [0, 0.1) is 0 Å². The van der Waals surface area contributed by atoms with Crippen molar-refractivity contribution in [1.82, 2.24) is 44.5 Å². The molecule has 3 aliphatic rings. The molecule has 7 N–H and O–H groups in total. The van der Waals surface area contributed by atoms with Crippen LogP contribution in [0.25, 0.3) is 0 Å². The van der Waals surface area contributed by atoms with Crippen molar-refractivity contribution in [3.05, 3.63) is 45.3 Å². The number of pyridine rings is 1. The third-order valence-electron chi connectivity index (χ3n) is 7.79. The van der Waals surface area contributed by atoms with Crippen LogP contribution in [0.5, 0.6) is 5.75 Å². The number of nitrogens with one attached hydrogen (secondary N) is 1. The van der Waals surface area contributed by atoms with E-state index in [0.717, 1.165) is 40.5 Å². The maximum atomic E-state index is 13.4. The lowest BCUT2D eigenvalue weighted by atomic mass is 10.0. The molecule has 0 radical (unpaired) electrons. The number of rotatable bonds is 12. The number of fused-ring (bicyclic) bond motifs is 1. The van der Waals surface area contributed by atoms with Gasteiger partial charge in [-0.2, -0.15) is 14.1 Å². The van der Waals surface area contributed by atoms with E-state index in [1.807, 2.05) is 0 Å². The summed E-state index contributed by atoms with van der Waals surface area (Å²) >= 11 is 3.01. The van der Waals surface area contributed by atoms with Gasteiger partial charge < -0.3 is 36.4 Å². The zero-order valence-corrected chi connectivity index (χ0v) is 27.3. The van der Waals surface area contributed by atoms with Gasteiger partial charge >= 0.3 is 11.9 Å². The standard InChI is InChI=1S/C25H25N11O10S3/c26-23-28-17(31-49-23)14(30-46-25(22(43)44)3-1-2-4-25)18(39)27-15-19(40)36-16(21(41)42)10(8-47-20(15)36)9-48-24-29-32-33-34(24)6-11-5-12(37)13(38)7-35(11)45/h5,7,15,20,38,45H,1-4,6,8-9H2,(H,27,39)(H,41,42)(H,43,44)(H2,26,28,31)/b30-14-/t15-,20-/m1/s1. The molecule has 2 aliphatic heterocycles. The summed E-state index contributed by atoms with van der Waals surface area (Å²) in [7, 11) is 0. The smallest absolute Gasteiger partial charge is 0.352 e. The molecule has 0 bridgehead atoms. The fourth-order valence-corrected chi connectivity index (χ4v) is 8.11. The average Bonchev–Trinajstić information content (AvgIpc) is 3.83. The highest BCUT2D eigenvalue weighted by molar-refractivity contribution is 8.01. The summed E-state index contributed by atoms with van der Waals surface area (Å²) in [5, 5.41) is 56.5. The van der Waals surface area contributed by atoms with Crippen molar-refractivity contribution < 1.29 is 44.5 Å². The van der Waals surface area contributed by atoms with E-state index in [1.165, 1.54) is 16.4 Å². The summed E-state index contributed by atoms with van der Waals surface area (Å²) in [6.07, 6.45) is 2.34. The highest BCUT2D eigenvalue weighted by atomic mass is 32.2. The molecule has 1 aliphatic carbocycles. The van der Waals surface area contributed by atoms with Crippen molar-refractivity contribution in [1.29, 1.82) is 0 Å². The van der Waals surface area contributed by atoms with Crippen LogP contribution in [0.4, 0.5) is 5.13 Å².